The maximum atomic E-state index is 7.57. The second-order valence-corrected chi connectivity index (χ2v) is 4.63. The van der Waals surface area contributed by atoms with Gasteiger partial charge < -0.3 is 5.11 Å². The third-order valence-electron chi connectivity index (χ3n) is 2.24. The monoisotopic (exact) mass is 280 g/mol. The van der Waals surface area contributed by atoms with Gasteiger partial charge in [0.1, 0.15) is 0 Å². The van der Waals surface area contributed by atoms with Crippen LogP contribution >= 0.6 is 15.9 Å². The predicted octanol–water partition coefficient (Wildman–Crippen LogP) is 4.91. The van der Waals surface area contributed by atoms with Gasteiger partial charge in [-0.05, 0) is 13.3 Å². The molecule has 0 spiro atoms. The topological polar surface area (TPSA) is 20.2 Å². The summed E-state index contributed by atoms with van der Waals surface area (Å²) >= 11 is 3.45. The maximum Gasteiger partial charge on any atom is 0.0402 e. The average molecular weight is 281 g/mol. The summed E-state index contributed by atoms with van der Waals surface area (Å²) in [6.07, 6.45) is 12.8. The molecule has 0 aromatic heterocycles. The molecule has 0 atom stereocenters. The summed E-state index contributed by atoms with van der Waals surface area (Å²) in [7, 11) is 0. The summed E-state index contributed by atoms with van der Waals surface area (Å²) < 4.78 is 0. The summed E-state index contributed by atoms with van der Waals surface area (Å²) in [6.45, 7) is 4.20. The SMILES string of the molecule is CCCCCCCCCCCBr.CCO. The van der Waals surface area contributed by atoms with Crippen molar-refractivity contribution in [3.8, 4) is 0 Å². The van der Waals surface area contributed by atoms with Gasteiger partial charge in [0, 0.05) is 11.9 Å². The highest BCUT2D eigenvalue weighted by Crippen LogP contribution is 2.09. The third-order valence-corrected chi connectivity index (χ3v) is 2.80. The molecule has 0 fully saturated rings. The van der Waals surface area contributed by atoms with Gasteiger partial charge in [-0.1, -0.05) is 74.2 Å². The van der Waals surface area contributed by atoms with E-state index in [1.54, 1.807) is 6.92 Å². The van der Waals surface area contributed by atoms with Crippen molar-refractivity contribution in [2.75, 3.05) is 11.9 Å². The zero-order valence-corrected chi connectivity index (χ0v) is 12.2. The Morgan fingerprint density at radius 1 is 0.733 bits per heavy atom. The lowest BCUT2D eigenvalue weighted by Gasteiger charge is -1.99. The highest BCUT2D eigenvalue weighted by atomic mass is 79.9. The van der Waals surface area contributed by atoms with Crippen molar-refractivity contribution in [2.45, 2.75) is 71.6 Å². The van der Waals surface area contributed by atoms with Crippen molar-refractivity contribution in [1.82, 2.24) is 0 Å². The Kier molecular flexibility index (Phi) is 23.7. The number of rotatable bonds is 9. The second-order valence-electron chi connectivity index (χ2n) is 3.83. The van der Waals surface area contributed by atoms with Crippen LogP contribution in [0.4, 0.5) is 0 Å². The smallest absolute Gasteiger partial charge is 0.0402 e. The molecular weight excluding hydrogens is 252 g/mol. The molecule has 0 aromatic carbocycles. The van der Waals surface area contributed by atoms with Crippen molar-refractivity contribution in [2.24, 2.45) is 0 Å². The van der Waals surface area contributed by atoms with Gasteiger partial charge in [-0.2, -0.15) is 0 Å². The first-order valence-electron chi connectivity index (χ1n) is 6.50. The van der Waals surface area contributed by atoms with Gasteiger partial charge in [-0.25, -0.2) is 0 Å². The average Bonchev–Trinajstić information content (AvgIpc) is 2.23. The minimum Gasteiger partial charge on any atom is -0.397 e. The van der Waals surface area contributed by atoms with Crippen LogP contribution in [0.25, 0.3) is 0 Å². The molecule has 0 radical (unpaired) electrons. The van der Waals surface area contributed by atoms with E-state index in [1.165, 1.54) is 63.1 Å². The molecule has 0 aromatic rings. The van der Waals surface area contributed by atoms with Crippen LogP contribution in [-0.4, -0.2) is 17.0 Å². The molecule has 0 saturated heterocycles. The summed E-state index contributed by atoms with van der Waals surface area (Å²) in [5.41, 5.74) is 0. The summed E-state index contributed by atoms with van der Waals surface area (Å²) in [5.74, 6) is 0. The Balaban J connectivity index is 0. The third kappa shape index (κ3) is 25.1. The quantitative estimate of drug-likeness (QED) is 0.470. The molecule has 0 amide bonds. The van der Waals surface area contributed by atoms with Crippen molar-refractivity contribution in [3.05, 3.63) is 0 Å². The van der Waals surface area contributed by atoms with E-state index in [9.17, 15) is 0 Å². The normalized spacial score (nSPS) is 9.60. The van der Waals surface area contributed by atoms with Gasteiger partial charge in [-0.3, -0.25) is 0 Å². The van der Waals surface area contributed by atoms with E-state index in [0.717, 1.165) is 0 Å². The molecule has 1 nitrogen and oxygen atoms in total. The number of halogens is 1. The lowest BCUT2D eigenvalue weighted by Crippen LogP contribution is -1.81. The van der Waals surface area contributed by atoms with Crippen LogP contribution in [0, 0.1) is 0 Å². The van der Waals surface area contributed by atoms with Crippen molar-refractivity contribution in [3.63, 3.8) is 0 Å². The molecule has 1 N–H and O–H groups in total. The van der Waals surface area contributed by atoms with Crippen LogP contribution in [0.3, 0.4) is 0 Å². The molecule has 0 aliphatic rings. The van der Waals surface area contributed by atoms with Crippen LogP contribution < -0.4 is 0 Å². The molecule has 0 aliphatic heterocycles. The van der Waals surface area contributed by atoms with Crippen molar-refractivity contribution < 1.29 is 5.11 Å². The van der Waals surface area contributed by atoms with Gasteiger partial charge in [0.2, 0.25) is 0 Å². The molecule has 15 heavy (non-hydrogen) atoms. The zero-order valence-electron chi connectivity index (χ0n) is 10.6. The number of aliphatic hydroxyl groups excluding tert-OH is 1. The van der Waals surface area contributed by atoms with Crippen LogP contribution in [0.1, 0.15) is 71.6 Å². The molecular formula is C13H29BrO. The van der Waals surface area contributed by atoms with E-state index >= 15 is 0 Å². The van der Waals surface area contributed by atoms with E-state index < -0.39 is 0 Å². The van der Waals surface area contributed by atoms with Gasteiger partial charge >= 0.3 is 0 Å². The van der Waals surface area contributed by atoms with E-state index in [0.29, 0.717) is 0 Å². The van der Waals surface area contributed by atoms with Gasteiger partial charge in [0.05, 0.1) is 0 Å². The highest BCUT2D eigenvalue weighted by Gasteiger charge is 1.90. The number of alkyl halides is 1. The Hall–Kier alpha value is 0.440. The Bertz CT molecular complexity index is 76.6. The second kappa shape index (κ2) is 19.9. The van der Waals surface area contributed by atoms with Crippen molar-refractivity contribution >= 4 is 15.9 Å². The molecule has 2 heteroatoms. The van der Waals surface area contributed by atoms with Crippen molar-refractivity contribution in [1.29, 1.82) is 0 Å². The minimum atomic E-state index is 0.250. The van der Waals surface area contributed by atoms with Crippen LogP contribution in [-0.2, 0) is 0 Å². The summed E-state index contributed by atoms with van der Waals surface area (Å²) in [6, 6.07) is 0. The number of hydrogen-bond donors (Lipinski definition) is 1. The van der Waals surface area contributed by atoms with Gasteiger partial charge in [0.25, 0.3) is 0 Å². The summed E-state index contributed by atoms with van der Waals surface area (Å²) in [5, 5.41) is 8.75. The molecule has 0 saturated carbocycles. The molecule has 0 heterocycles. The van der Waals surface area contributed by atoms with Crippen LogP contribution in [0.2, 0.25) is 0 Å². The first-order chi connectivity index (χ1) is 7.33. The van der Waals surface area contributed by atoms with Gasteiger partial charge in [-0.15, -0.1) is 0 Å². The standard InChI is InChI=1S/C11H23Br.C2H6O/c1-2-3-4-5-6-7-8-9-10-11-12;1-2-3/h2-11H2,1H3;3H,2H2,1H3. The molecule has 94 valence electrons. The number of aliphatic hydroxyl groups is 1. The van der Waals surface area contributed by atoms with Crippen LogP contribution in [0.15, 0.2) is 0 Å². The molecule has 0 unspecified atom stereocenters. The van der Waals surface area contributed by atoms with E-state index in [1.807, 2.05) is 0 Å². The molecule has 0 bridgehead atoms. The minimum absolute atomic E-state index is 0.250. The lowest BCUT2D eigenvalue weighted by molar-refractivity contribution is 0.318. The fraction of sp³-hybridized carbons (Fsp3) is 1.00. The molecule has 0 rings (SSSR count). The fourth-order valence-corrected chi connectivity index (χ4v) is 1.80. The summed E-state index contributed by atoms with van der Waals surface area (Å²) in [4.78, 5) is 0. The number of hydrogen-bond acceptors (Lipinski definition) is 1. The largest absolute Gasteiger partial charge is 0.397 e. The van der Waals surface area contributed by atoms with Gasteiger partial charge in [0.15, 0.2) is 0 Å². The first kappa shape index (κ1) is 17.8. The Morgan fingerprint density at radius 3 is 1.40 bits per heavy atom. The Morgan fingerprint density at radius 2 is 1.07 bits per heavy atom. The zero-order chi connectivity index (χ0) is 11.8. The predicted molar refractivity (Wildman–Crippen MR) is 73.8 cm³/mol. The number of unbranched alkanes of at least 4 members (excludes halogenated alkanes) is 8. The highest BCUT2D eigenvalue weighted by molar-refractivity contribution is 9.09. The molecule has 0 aliphatic carbocycles. The maximum absolute atomic E-state index is 7.57. The van der Waals surface area contributed by atoms with Crippen LogP contribution in [0.5, 0.6) is 0 Å². The van der Waals surface area contributed by atoms with E-state index in [-0.39, 0.29) is 6.61 Å². The Labute approximate surface area is 105 Å². The van der Waals surface area contributed by atoms with E-state index in [2.05, 4.69) is 22.9 Å². The first-order valence-corrected chi connectivity index (χ1v) is 7.62. The fourth-order valence-electron chi connectivity index (χ4n) is 1.41. The van der Waals surface area contributed by atoms with E-state index in [4.69, 9.17) is 5.11 Å². The lowest BCUT2D eigenvalue weighted by atomic mass is 10.1.